The van der Waals surface area contributed by atoms with E-state index >= 15 is 0 Å². The summed E-state index contributed by atoms with van der Waals surface area (Å²) in [5, 5.41) is 11.3. The lowest BCUT2D eigenvalue weighted by molar-refractivity contribution is -0.386. The summed E-state index contributed by atoms with van der Waals surface area (Å²) >= 11 is 1.71. The molecule has 0 saturated carbocycles. The van der Waals surface area contributed by atoms with Crippen LogP contribution in [-0.4, -0.2) is 17.5 Å². The van der Waals surface area contributed by atoms with Crippen molar-refractivity contribution in [1.82, 2.24) is 0 Å². The summed E-state index contributed by atoms with van der Waals surface area (Å²) in [6.45, 7) is 6.30. The van der Waals surface area contributed by atoms with Crippen molar-refractivity contribution in [2.24, 2.45) is 5.92 Å². The smallest absolute Gasteiger partial charge is 0.319 e. The van der Waals surface area contributed by atoms with Gasteiger partial charge in [0.2, 0.25) is 12.5 Å². The Hall–Kier alpha value is -1.43. The third-order valence-corrected chi connectivity index (χ3v) is 4.46. The van der Waals surface area contributed by atoms with Gasteiger partial charge in [0.15, 0.2) is 5.75 Å². The third kappa shape index (κ3) is 2.94. The highest BCUT2D eigenvalue weighted by molar-refractivity contribution is 7.99. The molecule has 0 bridgehead atoms. The van der Waals surface area contributed by atoms with E-state index in [1.807, 2.05) is 6.92 Å². The molecule has 0 saturated heterocycles. The number of nitrogens with zero attached hydrogens (tertiary/aromatic N) is 1. The first-order valence-electron chi connectivity index (χ1n) is 6.19. The summed E-state index contributed by atoms with van der Waals surface area (Å²) in [5.41, 5.74) is 0.735. The van der Waals surface area contributed by atoms with Crippen molar-refractivity contribution < 1.29 is 14.4 Å². The maximum Gasteiger partial charge on any atom is 0.319 e. The topological polar surface area (TPSA) is 61.6 Å². The molecule has 0 amide bonds. The van der Waals surface area contributed by atoms with Gasteiger partial charge in [-0.3, -0.25) is 10.1 Å². The largest absolute Gasteiger partial charge is 0.453 e. The van der Waals surface area contributed by atoms with Gasteiger partial charge in [0.05, 0.1) is 4.92 Å². The van der Waals surface area contributed by atoms with Crippen molar-refractivity contribution in [3.8, 4) is 11.5 Å². The lowest BCUT2D eigenvalue weighted by atomic mass is 10.1. The molecule has 1 aliphatic rings. The third-order valence-electron chi connectivity index (χ3n) is 2.84. The Morgan fingerprint density at radius 1 is 1.37 bits per heavy atom. The van der Waals surface area contributed by atoms with Crippen molar-refractivity contribution in [2.45, 2.75) is 26.0 Å². The number of ether oxygens (including phenoxy) is 2. The van der Waals surface area contributed by atoms with E-state index in [1.54, 1.807) is 23.9 Å². The molecule has 19 heavy (non-hydrogen) atoms. The molecule has 1 heterocycles. The normalized spacial score (nSPS) is 14.7. The van der Waals surface area contributed by atoms with E-state index in [9.17, 15) is 10.1 Å². The molecule has 1 aromatic carbocycles. The van der Waals surface area contributed by atoms with Gasteiger partial charge in [0, 0.05) is 10.8 Å². The second-order valence-electron chi connectivity index (χ2n) is 4.86. The molecule has 0 aromatic heterocycles. The number of fused-ring (bicyclic) bond motifs is 1. The molecule has 1 aliphatic heterocycles. The van der Waals surface area contributed by atoms with Crippen LogP contribution in [0.1, 0.15) is 31.6 Å². The highest BCUT2D eigenvalue weighted by atomic mass is 32.2. The van der Waals surface area contributed by atoms with Crippen LogP contribution in [0.3, 0.4) is 0 Å². The molecular formula is C13H17NO4S. The summed E-state index contributed by atoms with van der Waals surface area (Å²) < 4.78 is 10.4. The van der Waals surface area contributed by atoms with Gasteiger partial charge in [-0.15, -0.1) is 0 Å². The summed E-state index contributed by atoms with van der Waals surface area (Å²) in [6.07, 6.45) is 0. The molecule has 0 radical (unpaired) electrons. The first kappa shape index (κ1) is 14.0. The molecule has 0 fully saturated rings. The fourth-order valence-electron chi connectivity index (χ4n) is 1.92. The Kier molecular flexibility index (Phi) is 4.19. The maximum absolute atomic E-state index is 11.3. The molecular weight excluding hydrogens is 266 g/mol. The van der Waals surface area contributed by atoms with Gasteiger partial charge in [-0.1, -0.05) is 13.8 Å². The molecule has 1 aromatic rings. The van der Waals surface area contributed by atoms with E-state index in [2.05, 4.69) is 13.8 Å². The quantitative estimate of drug-likeness (QED) is 0.608. The number of nitro groups is 1. The molecule has 0 spiro atoms. The van der Waals surface area contributed by atoms with Gasteiger partial charge >= 0.3 is 5.69 Å². The Labute approximate surface area is 116 Å². The monoisotopic (exact) mass is 283 g/mol. The average molecular weight is 283 g/mol. The van der Waals surface area contributed by atoms with Crippen LogP contribution in [0, 0.1) is 16.0 Å². The van der Waals surface area contributed by atoms with Crippen molar-refractivity contribution in [1.29, 1.82) is 0 Å². The predicted molar refractivity (Wildman–Crippen MR) is 74.9 cm³/mol. The van der Waals surface area contributed by atoms with E-state index in [4.69, 9.17) is 9.47 Å². The molecule has 1 unspecified atom stereocenters. The number of rotatable bonds is 5. The van der Waals surface area contributed by atoms with Crippen LogP contribution >= 0.6 is 11.8 Å². The van der Waals surface area contributed by atoms with Gasteiger partial charge in [0.25, 0.3) is 0 Å². The molecule has 5 nitrogen and oxygen atoms in total. The van der Waals surface area contributed by atoms with Crippen molar-refractivity contribution in [2.75, 3.05) is 12.5 Å². The molecule has 6 heteroatoms. The van der Waals surface area contributed by atoms with E-state index in [1.165, 1.54) is 0 Å². The highest BCUT2D eigenvalue weighted by Gasteiger charge is 2.31. The Balaban J connectivity index is 2.32. The van der Waals surface area contributed by atoms with Gasteiger partial charge < -0.3 is 9.47 Å². The summed E-state index contributed by atoms with van der Waals surface area (Å²) in [5.74, 6) is 2.24. The molecule has 0 N–H and O–H groups in total. The average Bonchev–Trinajstić information content (AvgIpc) is 2.82. The Morgan fingerprint density at radius 2 is 2.11 bits per heavy atom. The Morgan fingerprint density at radius 3 is 2.74 bits per heavy atom. The van der Waals surface area contributed by atoms with Crippen molar-refractivity contribution in [3.05, 3.63) is 27.8 Å². The minimum atomic E-state index is -0.380. The van der Waals surface area contributed by atoms with Gasteiger partial charge in [-0.05, 0) is 30.7 Å². The zero-order chi connectivity index (χ0) is 14.0. The second kappa shape index (κ2) is 5.69. The fourth-order valence-corrected chi connectivity index (χ4v) is 2.96. The first-order valence-corrected chi connectivity index (χ1v) is 7.24. The van der Waals surface area contributed by atoms with Crippen molar-refractivity contribution in [3.63, 3.8) is 0 Å². The zero-order valence-corrected chi connectivity index (χ0v) is 12.0. The van der Waals surface area contributed by atoms with Gasteiger partial charge in [-0.2, -0.15) is 11.8 Å². The van der Waals surface area contributed by atoms with Crippen LogP contribution in [0.15, 0.2) is 12.1 Å². The predicted octanol–water partition coefficient (Wildman–Crippen LogP) is 3.77. The summed E-state index contributed by atoms with van der Waals surface area (Å²) in [7, 11) is 0. The SMILES string of the molecule is CC(C)CSC(C)c1ccc2c(c1[N+](=O)[O-])OCO2. The van der Waals surface area contributed by atoms with Crippen LogP contribution in [0.5, 0.6) is 11.5 Å². The Bertz CT molecular complexity index is 490. The molecule has 104 valence electrons. The number of benzene rings is 1. The summed E-state index contributed by atoms with van der Waals surface area (Å²) in [6, 6.07) is 3.51. The zero-order valence-electron chi connectivity index (χ0n) is 11.2. The number of nitro benzene ring substituents is 1. The van der Waals surface area contributed by atoms with E-state index < -0.39 is 0 Å². The second-order valence-corrected chi connectivity index (χ2v) is 6.24. The number of thioether (sulfide) groups is 1. The lowest BCUT2D eigenvalue weighted by Crippen LogP contribution is -2.01. The van der Waals surface area contributed by atoms with Gasteiger partial charge in [0.1, 0.15) is 0 Å². The maximum atomic E-state index is 11.3. The highest BCUT2D eigenvalue weighted by Crippen LogP contribution is 2.47. The minimum absolute atomic E-state index is 0.0405. The van der Waals surface area contributed by atoms with Crippen LogP contribution in [0.25, 0.3) is 0 Å². The standard InChI is InChI=1S/C13H17NO4S/c1-8(2)6-19-9(3)10-4-5-11-13(18-7-17-11)12(10)14(15)16/h4-5,8-9H,6-7H2,1-3H3. The van der Waals surface area contributed by atoms with Crippen LogP contribution < -0.4 is 9.47 Å². The van der Waals surface area contributed by atoms with Crippen LogP contribution in [0.2, 0.25) is 0 Å². The van der Waals surface area contributed by atoms with Crippen LogP contribution in [-0.2, 0) is 0 Å². The number of hydrogen-bond acceptors (Lipinski definition) is 5. The summed E-state index contributed by atoms with van der Waals surface area (Å²) in [4.78, 5) is 10.9. The van der Waals surface area contributed by atoms with E-state index in [0.29, 0.717) is 17.2 Å². The van der Waals surface area contributed by atoms with Crippen LogP contribution in [0.4, 0.5) is 5.69 Å². The fraction of sp³-hybridized carbons (Fsp3) is 0.538. The molecule has 0 aliphatic carbocycles. The van der Waals surface area contributed by atoms with Crippen molar-refractivity contribution >= 4 is 17.4 Å². The van der Waals surface area contributed by atoms with Gasteiger partial charge in [-0.25, -0.2) is 0 Å². The minimum Gasteiger partial charge on any atom is -0.453 e. The molecule has 1 atom stereocenters. The first-order chi connectivity index (χ1) is 9.00. The lowest BCUT2D eigenvalue weighted by Gasteiger charge is -2.14. The molecule has 2 rings (SSSR count). The van der Waals surface area contributed by atoms with E-state index in [-0.39, 0.29) is 28.4 Å². The number of hydrogen-bond donors (Lipinski definition) is 0. The van der Waals surface area contributed by atoms with E-state index in [0.717, 1.165) is 5.75 Å².